The predicted molar refractivity (Wildman–Crippen MR) is 175 cm³/mol. The summed E-state index contributed by atoms with van der Waals surface area (Å²) in [6.45, 7) is 12.0. The van der Waals surface area contributed by atoms with Gasteiger partial charge in [0.15, 0.2) is 0 Å². The zero-order chi connectivity index (χ0) is 30.2. The first-order valence-electron chi connectivity index (χ1n) is 17.7. The largest absolute Gasteiger partial charge is 0.633 e. The molecular formula is C34H74N2O4. The number of unbranched alkanes of at least 4 members (excludes halogenated alkanes) is 18. The van der Waals surface area contributed by atoms with Crippen LogP contribution in [-0.4, -0.2) is 72.0 Å². The molecule has 0 saturated carbocycles. The number of rotatable bonds is 30. The van der Waals surface area contributed by atoms with E-state index in [-0.39, 0.29) is 30.9 Å². The zero-order valence-electron chi connectivity index (χ0n) is 27.8. The highest BCUT2D eigenvalue weighted by Gasteiger charge is 2.15. The molecule has 0 aromatic rings. The van der Waals surface area contributed by atoms with Gasteiger partial charge in [0.2, 0.25) is 0 Å². The number of aliphatic hydroxyl groups is 2. The molecule has 0 amide bonds. The van der Waals surface area contributed by atoms with Crippen LogP contribution < -0.4 is 0 Å². The molecule has 0 aromatic heterocycles. The Hall–Kier alpha value is -0.240. The highest BCUT2D eigenvalue weighted by molar-refractivity contribution is 4.51. The topological polar surface area (TPSA) is 86.6 Å². The molecular weight excluding hydrogens is 500 g/mol. The van der Waals surface area contributed by atoms with Crippen LogP contribution >= 0.6 is 0 Å². The quantitative estimate of drug-likeness (QED) is 0.0508. The molecule has 0 unspecified atom stereocenters. The summed E-state index contributed by atoms with van der Waals surface area (Å²) < 4.78 is -0.381. The third kappa shape index (κ3) is 29.3. The van der Waals surface area contributed by atoms with Gasteiger partial charge in [-0.1, -0.05) is 130 Å². The average molecular weight is 575 g/mol. The van der Waals surface area contributed by atoms with E-state index in [1.165, 1.54) is 109 Å². The van der Waals surface area contributed by atoms with E-state index in [0.29, 0.717) is 6.54 Å². The number of aliphatic hydroxyl groups excluding tert-OH is 2. The maximum Gasteiger partial charge on any atom is 0.102 e. The molecule has 6 nitrogen and oxygen atoms in total. The van der Waals surface area contributed by atoms with Crippen LogP contribution in [0.2, 0.25) is 0 Å². The van der Waals surface area contributed by atoms with Crippen molar-refractivity contribution in [1.82, 2.24) is 0 Å². The maximum atomic E-state index is 12.5. The van der Waals surface area contributed by atoms with Crippen LogP contribution in [0, 0.1) is 10.4 Å². The summed E-state index contributed by atoms with van der Waals surface area (Å²) in [6.07, 6.45) is 28.0. The lowest BCUT2D eigenvalue weighted by atomic mass is 10.1. The van der Waals surface area contributed by atoms with E-state index in [4.69, 9.17) is 10.2 Å². The average Bonchev–Trinajstić information content (AvgIpc) is 2.92. The fourth-order valence-corrected chi connectivity index (χ4v) is 5.63. The Morgan fingerprint density at radius 3 is 0.825 bits per heavy atom. The van der Waals surface area contributed by atoms with Gasteiger partial charge in [0, 0.05) is 0 Å². The van der Waals surface area contributed by atoms with Crippen molar-refractivity contribution in [2.75, 3.05) is 52.5 Å². The monoisotopic (exact) mass is 575 g/mol. The standard InChI is InChI=1S/C18H39NO.C16H35NO3/c1-4-7-8-9-10-11-12-13-14-15-18-19(20,16-5-2)17-6-3;1-2-3-4-5-6-7-8-9-10-11-12-17(20,13-15-18)14-16-19/h4-18H2,1-3H3;18-19H,2-16H2,1H3. The van der Waals surface area contributed by atoms with Crippen molar-refractivity contribution >= 4 is 0 Å². The first-order valence-corrected chi connectivity index (χ1v) is 17.7. The van der Waals surface area contributed by atoms with Crippen LogP contribution in [0.15, 0.2) is 0 Å². The van der Waals surface area contributed by atoms with Crippen LogP contribution in [0.1, 0.15) is 169 Å². The molecule has 0 radical (unpaired) electrons. The van der Waals surface area contributed by atoms with Crippen molar-refractivity contribution in [3.8, 4) is 0 Å². The van der Waals surface area contributed by atoms with Gasteiger partial charge in [0.1, 0.15) is 13.1 Å². The molecule has 0 bridgehead atoms. The van der Waals surface area contributed by atoms with Crippen LogP contribution in [0.3, 0.4) is 0 Å². The molecule has 0 fully saturated rings. The lowest BCUT2D eigenvalue weighted by molar-refractivity contribution is -0.881. The first-order chi connectivity index (χ1) is 19.4. The lowest BCUT2D eigenvalue weighted by Gasteiger charge is -2.42. The second-order valence-electron chi connectivity index (χ2n) is 12.3. The second kappa shape index (κ2) is 31.7. The number of hydrogen-bond donors (Lipinski definition) is 2. The van der Waals surface area contributed by atoms with Crippen LogP contribution in [0.4, 0.5) is 0 Å². The van der Waals surface area contributed by atoms with E-state index < -0.39 is 4.65 Å². The Labute approximate surface area is 251 Å². The Morgan fingerprint density at radius 1 is 0.325 bits per heavy atom. The Morgan fingerprint density at radius 2 is 0.575 bits per heavy atom. The number of quaternary nitrogens is 2. The van der Waals surface area contributed by atoms with Crippen molar-refractivity contribution in [1.29, 1.82) is 0 Å². The van der Waals surface area contributed by atoms with Gasteiger partial charge >= 0.3 is 0 Å². The zero-order valence-corrected chi connectivity index (χ0v) is 27.8. The third-order valence-corrected chi connectivity index (χ3v) is 8.12. The van der Waals surface area contributed by atoms with E-state index in [1.54, 1.807) is 0 Å². The number of nitrogens with zero attached hydrogens (tertiary/aromatic N) is 2. The highest BCUT2D eigenvalue weighted by Crippen LogP contribution is 2.15. The summed E-state index contributed by atoms with van der Waals surface area (Å²) >= 11 is 0. The van der Waals surface area contributed by atoms with Crippen molar-refractivity contribution in [2.45, 2.75) is 169 Å². The summed E-state index contributed by atoms with van der Waals surface area (Å²) in [5, 5.41) is 42.4. The molecule has 0 spiro atoms. The second-order valence-corrected chi connectivity index (χ2v) is 12.3. The summed E-state index contributed by atoms with van der Waals surface area (Å²) in [6, 6.07) is 0. The fraction of sp³-hybridized carbons (Fsp3) is 1.00. The third-order valence-electron chi connectivity index (χ3n) is 8.12. The minimum atomic E-state index is -0.440. The molecule has 0 saturated heterocycles. The summed E-state index contributed by atoms with van der Waals surface area (Å²) in [5.74, 6) is 0. The van der Waals surface area contributed by atoms with Crippen molar-refractivity contribution in [3.05, 3.63) is 10.4 Å². The minimum absolute atomic E-state index is 0.0595. The fourth-order valence-electron chi connectivity index (χ4n) is 5.63. The lowest BCUT2D eigenvalue weighted by Crippen LogP contribution is -2.47. The normalized spacial score (nSPS) is 12.0. The molecule has 0 rings (SSSR count). The Bertz CT molecular complexity index is 425. The minimum Gasteiger partial charge on any atom is -0.633 e. The van der Waals surface area contributed by atoms with E-state index in [1.807, 2.05) is 0 Å². The van der Waals surface area contributed by atoms with E-state index >= 15 is 0 Å². The Kier molecular flexibility index (Phi) is 33.2. The smallest absolute Gasteiger partial charge is 0.102 e. The van der Waals surface area contributed by atoms with E-state index in [0.717, 1.165) is 51.7 Å². The van der Waals surface area contributed by atoms with Crippen molar-refractivity contribution < 1.29 is 19.5 Å². The van der Waals surface area contributed by atoms with Gasteiger partial charge in [-0.15, -0.1) is 0 Å². The van der Waals surface area contributed by atoms with Gasteiger partial charge in [-0.2, -0.15) is 0 Å². The van der Waals surface area contributed by atoms with Crippen molar-refractivity contribution in [2.24, 2.45) is 0 Å². The molecule has 40 heavy (non-hydrogen) atoms. The molecule has 0 aliphatic carbocycles. The molecule has 244 valence electrons. The Balaban J connectivity index is 0. The molecule has 0 aliphatic rings. The van der Waals surface area contributed by atoms with Gasteiger partial charge in [-0.25, -0.2) is 0 Å². The van der Waals surface area contributed by atoms with Crippen LogP contribution in [-0.2, 0) is 0 Å². The molecule has 2 N–H and O–H groups in total. The van der Waals surface area contributed by atoms with E-state index in [9.17, 15) is 10.4 Å². The van der Waals surface area contributed by atoms with Gasteiger partial charge in [0.25, 0.3) is 0 Å². The SMILES string of the molecule is CCCCCCCCCCCC[N+]([O-])(CCC)CCC.CCCCCCCCCCCC[N+]([O-])(CCO)CCO. The van der Waals surface area contributed by atoms with Crippen LogP contribution in [0.5, 0.6) is 0 Å². The van der Waals surface area contributed by atoms with Gasteiger partial charge in [-0.05, 0) is 38.5 Å². The summed E-state index contributed by atoms with van der Waals surface area (Å²) in [4.78, 5) is 0. The number of hydrogen-bond acceptors (Lipinski definition) is 4. The molecule has 0 atom stereocenters. The first kappa shape index (κ1) is 41.9. The summed E-state index contributed by atoms with van der Waals surface area (Å²) in [7, 11) is 0. The van der Waals surface area contributed by atoms with Crippen molar-refractivity contribution in [3.63, 3.8) is 0 Å². The van der Waals surface area contributed by atoms with Gasteiger partial charge in [-0.3, -0.25) is 0 Å². The highest BCUT2D eigenvalue weighted by atomic mass is 16.5. The van der Waals surface area contributed by atoms with Gasteiger partial charge < -0.3 is 29.9 Å². The predicted octanol–water partition coefficient (Wildman–Crippen LogP) is 9.25. The maximum absolute atomic E-state index is 12.5. The molecule has 6 heteroatoms. The number of hydroxylamine groups is 6. The van der Waals surface area contributed by atoms with Gasteiger partial charge in [0.05, 0.1) is 39.4 Å². The summed E-state index contributed by atoms with van der Waals surface area (Å²) in [5.41, 5.74) is 0. The molecule has 0 heterocycles. The van der Waals surface area contributed by atoms with Crippen LogP contribution in [0.25, 0.3) is 0 Å². The molecule has 0 aliphatic heterocycles. The molecule has 0 aromatic carbocycles. The van der Waals surface area contributed by atoms with E-state index in [2.05, 4.69) is 27.7 Å².